The third kappa shape index (κ3) is 2.69. The largest absolute Gasteiger partial charge is 0.370 e. The quantitative estimate of drug-likeness (QED) is 0.600. The molecule has 2 rings (SSSR count). The molecule has 1 aromatic rings. The summed E-state index contributed by atoms with van der Waals surface area (Å²) in [5, 5.41) is 11.1. The van der Waals surface area contributed by atoms with Gasteiger partial charge in [0.2, 0.25) is 0 Å². The van der Waals surface area contributed by atoms with Crippen molar-refractivity contribution >= 4 is 23.0 Å². The molecule has 4 nitrogen and oxygen atoms in total. The molecule has 1 aliphatic rings. The second kappa shape index (κ2) is 4.92. The number of hydrogen-bond donors (Lipinski definition) is 0. The van der Waals surface area contributed by atoms with Gasteiger partial charge in [-0.05, 0) is 24.8 Å². The third-order valence-corrected chi connectivity index (χ3v) is 3.44. The van der Waals surface area contributed by atoms with Crippen molar-refractivity contribution in [3.63, 3.8) is 0 Å². The number of rotatable bonds is 2. The first-order chi connectivity index (χ1) is 8.08. The lowest BCUT2D eigenvalue weighted by Gasteiger charge is -2.33. The standard InChI is InChI=1S/C12H15ClN2O2/c1-9-3-2-6-14(8-9)12-5-4-10(15(16)17)7-11(12)13/h4-5,7,9H,2-3,6,8H2,1H3. The van der Waals surface area contributed by atoms with Crippen LogP contribution in [0.4, 0.5) is 11.4 Å². The van der Waals surface area contributed by atoms with Crippen LogP contribution in [0.2, 0.25) is 5.02 Å². The molecule has 0 amide bonds. The molecule has 92 valence electrons. The first-order valence-corrected chi connectivity index (χ1v) is 6.14. The normalized spacial score (nSPS) is 20.4. The Kier molecular flexibility index (Phi) is 3.52. The van der Waals surface area contributed by atoms with E-state index in [1.165, 1.54) is 18.6 Å². The van der Waals surface area contributed by atoms with Gasteiger partial charge in [-0.3, -0.25) is 10.1 Å². The van der Waals surface area contributed by atoms with Gasteiger partial charge in [-0.1, -0.05) is 18.5 Å². The van der Waals surface area contributed by atoms with Crippen molar-refractivity contribution in [3.8, 4) is 0 Å². The predicted molar refractivity (Wildman–Crippen MR) is 68.7 cm³/mol. The van der Waals surface area contributed by atoms with Crippen molar-refractivity contribution in [1.82, 2.24) is 0 Å². The maximum atomic E-state index is 10.6. The van der Waals surface area contributed by atoms with Crippen LogP contribution in [0.15, 0.2) is 18.2 Å². The van der Waals surface area contributed by atoms with E-state index in [2.05, 4.69) is 11.8 Å². The molecule has 0 aromatic heterocycles. The summed E-state index contributed by atoms with van der Waals surface area (Å²) in [4.78, 5) is 12.4. The summed E-state index contributed by atoms with van der Waals surface area (Å²) >= 11 is 6.11. The van der Waals surface area contributed by atoms with Crippen LogP contribution in [-0.2, 0) is 0 Å². The fraction of sp³-hybridized carbons (Fsp3) is 0.500. The minimum absolute atomic E-state index is 0.0452. The first-order valence-electron chi connectivity index (χ1n) is 5.77. The number of benzene rings is 1. The van der Waals surface area contributed by atoms with Gasteiger partial charge in [-0.25, -0.2) is 0 Å². The number of nitrogens with zero attached hydrogens (tertiary/aromatic N) is 2. The first kappa shape index (κ1) is 12.2. The molecule has 1 unspecified atom stereocenters. The topological polar surface area (TPSA) is 46.4 Å². The molecule has 1 heterocycles. The van der Waals surface area contributed by atoms with E-state index in [1.54, 1.807) is 6.07 Å². The highest BCUT2D eigenvalue weighted by molar-refractivity contribution is 6.33. The smallest absolute Gasteiger partial charge is 0.271 e. The van der Waals surface area contributed by atoms with E-state index in [0.29, 0.717) is 10.9 Å². The average Bonchev–Trinajstić information content (AvgIpc) is 2.28. The highest BCUT2D eigenvalue weighted by Gasteiger charge is 2.19. The molecule has 0 N–H and O–H groups in total. The average molecular weight is 255 g/mol. The molecule has 1 aliphatic heterocycles. The van der Waals surface area contributed by atoms with Gasteiger partial charge in [-0.15, -0.1) is 0 Å². The van der Waals surface area contributed by atoms with E-state index in [4.69, 9.17) is 11.6 Å². The maximum Gasteiger partial charge on any atom is 0.271 e. The zero-order chi connectivity index (χ0) is 12.4. The van der Waals surface area contributed by atoms with Crippen molar-refractivity contribution < 1.29 is 4.92 Å². The molecule has 17 heavy (non-hydrogen) atoms. The lowest BCUT2D eigenvalue weighted by atomic mass is 10.00. The molecule has 0 saturated carbocycles. The summed E-state index contributed by atoms with van der Waals surface area (Å²) in [5.41, 5.74) is 0.952. The number of anilines is 1. The zero-order valence-electron chi connectivity index (χ0n) is 9.73. The molecule has 1 fully saturated rings. The lowest BCUT2D eigenvalue weighted by molar-refractivity contribution is -0.384. The van der Waals surface area contributed by atoms with Gasteiger partial charge in [0, 0.05) is 25.2 Å². The Hall–Kier alpha value is -1.29. The Bertz CT molecular complexity index is 437. The molecule has 5 heteroatoms. The zero-order valence-corrected chi connectivity index (χ0v) is 10.5. The van der Waals surface area contributed by atoms with E-state index >= 15 is 0 Å². The minimum Gasteiger partial charge on any atom is -0.370 e. The van der Waals surface area contributed by atoms with Gasteiger partial charge in [0.1, 0.15) is 0 Å². The molecular formula is C12H15ClN2O2. The SMILES string of the molecule is CC1CCCN(c2ccc([N+](=O)[O-])cc2Cl)C1. The molecule has 0 spiro atoms. The molecule has 0 aliphatic carbocycles. The van der Waals surface area contributed by atoms with E-state index in [9.17, 15) is 10.1 Å². The molecule has 1 saturated heterocycles. The Balaban J connectivity index is 2.23. The highest BCUT2D eigenvalue weighted by atomic mass is 35.5. The van der Waals surface area contributed by atoms with Crippen LogP contribution >= 0.6 is 11.6 Å². The lowest BCUT2D eigenvalue weighted by Crippen LogP contribution is -2.34. The van der Waals surface area contributed by atoms with Crippen molar-refractivity contribution in [2.45, 2.75) is 19.8 Å². The van der Waals surface area contributed by atoms with Crippen molar-refractivity contribution in [3.05, 3.63) is 33.3 Å². The second-order valence-corrected chi connectivity index (χ2v) is 4.99. The molecule has 0 radical (unpaired) electrons. The molecule has 1 atom stereocenters. The Morgan fingerprint density at radius 2 is 2.29 bits per heavy atom. The van der Waals surface area contributed by atoms with Gasteiger partial charge in [0.25, 0.3) is 5.69 Å². The molecular weight excluding hydrogens is 240 g/mol. The second-order valence-electron chi connectivity index (χ2n) is 4.59. The van der Waals surface area contributed by atoms with Crippen LogP contribution in [0.1, 0.15) is 19.8 Å². The fourth-order valence-electron chi connectivity index (χ4n) is 2.27. The summed E-state index contributed by atoms with van der Waals surface area (Å²) in [6.07, 6.45) is 2.38. The number of nitro groups is 1. The summed E-state index contributed by atoms with van der Waals surface area (Å²) < 4.78 is 0. The summed E-state index contributed by atoms with van der Waals surface area (Å²) in [6, 6.07) is 4.69. The minimum atomic E-state index is -0.422. The van der Waals surface area contributed by atoms with Gasteiger partial charge < -0.3 is 4.90 Å². The maximum absolute atomic E-state index is 10.6. The summed E-state index contributed by atoms with van der Waals surface area (Å²) in [7, 11) is 0. The van der Waals surface area contributed by atoms with Gasteiger partial charge in [0.05, 0.1) is 15.6 Å². The van der Waals surface area contributed by atoms with Crippen LogP contribution < -0.4 is 4.90 Å². The van der Waals surface area contributed by atoms with Crippen molar-refractivity contribution in [2.75, 3.05) is 18.0 Å². The van der Waals surface area contributed by atoms with Gasteiger partial charge in [-0.2, -0.15) is 0 Å². The number of nitro benzene ring substituents is 1. The fourth-order valence-corrected chi connectivity index (χ4v) is 2.57. The third-order valence-electron chi connectivity index (χ3n) is 3.14. The number of halogens is 1. The van der Waals surface area contributed by atoms with Crippen molar-refractivity contribution in [2.24, 2.45) is 5.92 Å². The Labute approximate surface area is 105 Å². The van der Waals surface area contributed by atoms with E-state index in [1.807, 2.05) is 0 Å². The van der Waals surface area contributed by atoms with Crippen LogP contribution in [0.25, 0.3) is 0 Å². The monoisotopic (exact) mass is 254 g/mol. The van der Waals surface area contributed by atoms with E-state index < -0.39 is 4.92 Å². The molecule has 0 bridgehead atoms. The Morgan fingerprint density at radius 3 is 2.88 bits per heavy atom. The number of non-ortho nitro benzene ring substituents is 1. The number of hydrogen-bond acceptors (Lipinski definition) is 3. The van der Waals surface area contributed by atoms with E-state index in [-0.39, 0.29) is 5.69 Å². The van der Waals surface area contributed by atoms with E-state index in [0.717, 1.165) is 25.2 Å². The van der Waals surface area contributed by atoms with Crippen LogP contribution in [0.5, 0.6) is 0 Å². The van der Waals surface area contributed by atoms with Crippen LogP contribution in [0.3, 0.4) is 0 Å². The van der Waals surface area contributed by atoms with Crippen LogP contribution in [0, 0.1) is 16.0 Å². The predicted octanol–water partition coefficient (Wildman–Crippen LogP) is 3.48. The van der Waals surface area contributed by atoms with Gasteiger partial charge in [0.15, 0.2) is 0 Å². The van der Waals surface area contributed by atoms with Crippen molar-refractivity contribution in [1.29, 1.82) is 0 Å². The Morgan fingerprint density at radius 1 is 1.53 bits per heavy atom. The summed E-state index contributed by atoms with van der Waals surface area (Å²) in [6.45, 7) is 4.16. The number of piperidine rings is 1. The highest BCUT2D eigenvalue weighted by Crippen LogP contribution is 2.32. The van der Waals surface area contributed by atoms with Gasteiger partial charge >= 0.3 is 0 Å². The van der Waals surface area contributed by atoms with Crippen LogP contribution in [-0.4, -0.2) is 18.0 Å². The summed E-state index contributed by atoms with van der Waals surface area (Å²) in [5.74, 6) is 0.648. The molecule has 1 aromatic carbocycles.